The summed E-state index contributed by atoms with van der Waals surface area (Å²) in [5.41, 5.74) is 8.84. The maximum absolute atomic E-state index is 13.4. The number of halogens is 1. The van der Waals surface area contributed by atoms with Gasteiger partial charge in [0, 0.05) is 37.6 Å². The monoisotopic (exact) mass is 276 g/mol. The van der Waals surface area contributed by atoms with E-state index in [0.29, 0.717) is 6.54 Å². The lowest BCUT2D eigenvalue weighted by Crippen LogP contribution is -2.34. The third kappa shape index (κ3) is 2.82. The molecule has 1 unspecified atom stereocenters. The Bertz CT molecular complexity index is 579. The van der Waals surface area contributed by atoms with Gasteiger partial charge in [-0.2, -0.15) is 5.10 Å². The van der Waals surface area contributed by atoms with Crippen molar-refractivity contribution in [3.8, 4) is 0 Å². The number of benzene rings is 1. The van der Waals surface area contributed by atoms with E-state index in [1.165, 1.54) is 12.1 Å². The molecule has 1 heterocycles. The number of aryl methyl sites for hydroxylation is 2. The average Bonchev–Trinajstić information content (AvgIpc) is 2.74. The minimum atomic E-state index is -0.236. The standard InChI is InChI=1S/C15H21FN4/c1-4-20(13-7-5-6-12(16)8-13)15(9-17)14-10-19(3)18-11(14)2/h5-8,10,15H,4,9,17H2,1-3H3. The molecule has 2 aromatic rings. The topological polar surface area (TPSA) is 47.1 Å². The number of aromatic nitrogens is 2. The van der Waals surface area contributed by atoms with E-state index in [4.69, 9.17) is 5.73 Å². The first-order valence-corrected chi connectivity index (χ1v) is 6.79. The molecule has 0 aliphatic rings. The summed E-state index contributed by atoms with van der Waals surface area (Å²) in [6.45, 7) is 5.22. The highest BCUT2D eigenvalue weighted by Crippen LogP contribution is 2.28. The van der Waals surface area contributed by atoms with Crippen LogP contribution in [0.1, 0.15) is 24.2 Å². The number of nitrogens with zero attached hydrogens (tertiary/aromatic N) is 3. The SMILES string of the molecule is CCN(c1cccc(F)c1)C(CN)c1cn(C)nc1C. The van der Waals surface area contributed by atoms with E-state index in [0.717, 1.165) is 23.5 Å². The van der Waals surface area contributed by atoms with Crippen LogP contribution in [0.4, 0.5) is 10.1 Å². The summed E-state index contributed by atoms with van der Waals surface area (Å²) >= 11 is 0. The highest BCUT2D eigenvalue weighted by Gasteiger charge is 2.22. The molecule has 20 heavy (non-hydrogen) atoms. The van der Waals surface area contributed by atoms with Crippen LogP contribution in [0.5, 0.6) is 0 Å². The van der Waals surface area contributed by atoms with Crippen LogP contribution < -0.4 is 10.6 Å². The van der Waals surface area contributed by atoms with Crippen molar-refractivity contribution >= 4 is 5.69 Å². The van der Waals surface area contributed by atoms with E-state index >= 15 is 0 Å². The van der Waals surface area contributed by atoms with Crippen LogP contribution in [0.3, 0.4) is 0 Å². The Morgan fingerprint density at radius 3 is 2.70 bits per heavy atom. The zero-order valence-corrected chi connectivity index (χ0v) is 12.2. The van der Waals surface area contributed by atoms with E-state index in [1.54, 1.807) is 10.7 Å². The molecule has 0 saturated heterocycles. The summed E-state index contributed by atoms with van der Waals surface area (Å²) in [5, 5.41) is 4.37. The van der Waals surface area contributed by atoms with E-state index in [1.807, 2.05) is 33.2 Å². The molecule has 0 aliphatic carbocycles. The number of rotatable bonds is 5. The average molecular weight is 276 g/mol. The van der Waals surface area contributed by atoms with Crippen LogP contribution in [0.25, 0.3) is 0 Å². The first-order chi connectivity index (χ1) is 9.56. The van der Waals surface area contributed by atoms with Crippen LogP contribution in [-0.4, -0.2) is 22.9 Å². The van der Waals surface area contributed by atoms with Gasteiger partial charge >= 0.3 is 0 Å². The molecule has 1 atom stereocenters. The van der Waals surface area contributed by atoms with Crippen LogP contribution >= 0.6 is 0 Å². The van der Waals surface area contributed by atoms with Gasteiger partial charge in [-0.05, 0) is 32.0 Å². The van der Waals surface area contributed by atoms with Crippen molar-refractivity contribution in [3.63, 3.8) is 0 Å². The lowest BCUT2D eigenvalue weighted by molar-refractivity contribution is 0.615. The molecule has 0 radical (unpaired) electrons. The Balaban J connectivity index is 2.40. The molecular formula is C15H21FN4. The van der Waals surface area contributed by atoms with Crippen molar-refractivity contribution in [1.82, 2.24) is 9.78 Å². The number of hydrogen-bond donors (Lipinski definition) is 1. The molecule has 108 valence electrons. The number of nitrogens with two attached hydrogens (primary N) is 1. The van der Waals surface area contributed by atoms with Crippen molar-refractivity contribution in [1.29, 1.82) is 0 Å². The fourth-order valence-electron chi connectivity index (χ4n) is 2.60. The number of anilines is 1. The van der Waals surface area contributed by atoms with Crippen molar-refractivity contribution < 1.29 is 4.39 Å². The molecule has 2 N–H and O–H groups in total. The maximum atomic E-state index is 13.4. The van der Waals surface area contributed by atoms with Crippen LogP contribution in [-0.2, 0) is 7.05 Å². The molecule has 4 nitrogen and oxygen atoms in total. The summed E-state index contributed by atoms with van der Waals surface area (Å²) in [5.74, 6) is -0.236. The van der Waals surface area contributed by atoms with Gasteiger partial charge in [-0.25, -0.2) is 4.39 Å². The molecule has 0 bridgehead atoms. The van der Waals surface area contributed by atoms with Crippen molar-refractivity contribution in [2.75, 3.05) is 18.0 Å². The minimum Gasteiger partial charge on any atom is -0.363 e. The Morgan fingerprint density at radius 1 is 1.45 bits per heavy atom. The second-order valence-electron chi connectivity index (χ2n) is 4.86. The summed E-state index contributed by atoms with van der Waals surface area (Å²) in [4.78, 5) is 2.10. The van der Waals surface area contributed by atoms with Gasteiger partial charge in [0.2, 0.25) is 0 Å². The van der Waals surface area contributed by atoms with Gasteiger partial charge in [0.25, 0.3) is 0 Å². The van der Waals surface area contributed by atoms with Gasteiger partial charge in [-0.15, -0.1) is 0 Å². The molecule has 1 aromatic heterocycles. The van der Waals surface area contributed by atoms with Gasteiger partial charge in [-0.3, -0.25) is 4.68 Å². The van der Waals surface area contributed by atoms with Gasteiger partial charge in [0.15, 0.2) is 0 Å². The van der Waals surface area contributed by atoms with Gasteiger partial charge in [-0.1, -0.05) is 6.07 Å². The zero-order chi connectivity index (χ0) is 14.7. The number of likely N-dealkylation sites (N-methyl/N-ethyl adjacent to an activating group) is 1. The van der Waals surface area contributed by atoms with Gasteiger partial charge < -0.3 is 10.6 Å². The Hall–Kier alpha value is -1.88. The molecular weight excluding hydrogens is 255 g/mol. The fraction of sp³-hybridized carbons (Fsp3) is 0.400. The second kappa shape index (κ2) is 6.05. The quantitative estimate of drug-likeness (QED) is 0.912. The largest absolute Gasteiger partial charge is 0.363 e. The molecule has 5 heteroatoms. The highest BCUT2D eigenvalue weighted by atomic mass is 19.1. The first-order valence-electron chi connectivity index (χ1n) is 6.79. The van der Waals surface area contributed by atoms with E-state index in [2.05, 4.69) is 10.00 Å². The van der Waals surface area contributed by atoms with Gasteiger partial charge in [0.1, 0.15) is 5.82 Å². The fourth-order valence-corrected chi connectivity index (χ4v) is 2.60. The molecule has 0 fully saturated rings. The van der Waals surface area contributed by atoms with Crippen LogP contribution in [0.15, 0.2) is 30.5 Å². The normalized spacial score (nSPS) is 12.4. The third-order valence-corrected chi connectivity index (χ3v) is 3.49. The minimum absolute atomic E-state index is 0.00417. The van der Waals surface area contributed by atoms with Gasteiger partial charge in [0.05, 0.1) is 11.7 Å². The van der Waals surface area contributed by atoms with Crippen molar-refractivity contribution in [2.45, 2.75) is 19.9 Å². The number of hydrogen-bond acceptors (Lipinski definition) is 3. The molecule has 0 saturated carbocycles. The molecule has 2 rings (SSSR count). The Kier molecular flexibility index (Phi) is 4.39. The predicted molar refractivity (Wildman–Crippen MR) is 79.2 cm³/mol. The van der Waals surface area contributed by atoms with Crippen molar-refractivity contribution in [2.24, 2.45) is 12.8 Å². The molecule has 0 spiro atoms. The highest BCUT2D eigenvalue weighted by molar-refractivity contribution is 5.49. The zero-order valence-electron chi connectivity index (χ0n) is 12.2. The lowest BCUT2D eigenvalue weighted by atomic mass is 10.1. The Labute approximate surface area is 119 Å². The van der Waals surface area contributed by atoms with E-state index in [9.17, 15) is 4.39 Å². The van der Waals surface area contributed by atoms with Crippen molar-refractivity contribution in [3.05, 3.63) is 47.5 Å². The summed E-state index contributed by atoms with van der Waals surface area (Å²) < 4.78 is 15.2. The van der Waals surface area contributed by atoms with Crippen LogP contribution in [0.2, 0.25) is 0 Å². The molecule has 0 amide bonds. The second-order valence-corrected chi connectivity index (χ2v) is 4.86. The lowest BCUT2D eigenvalue weighted by Gasteiger charge is -2.32. The Morgan fingerprint density at radius 2 is 2.20 bits per heavy atom. The van der Waals surface area contributed by atoms with Crippen LogP contribution in [0, 0.1) is 12.7 Å². The van der Waals surface area contributed by atoms with E-state index in [-0.39, 0.29) is 11.9 Å². The summed E-state index contributed by atoms with van der Waals surface area (Å²) in [6.07, 6.45) is 1.98. The summed E-state index contributed by atoms with van der Waals surface area (Å²) in [7, 11) is 1.89. The third-order valence-electron chi connectivity index (χ3n) is 3.49. The van der Waals surface area contributed by atoms with E-state index < -0.39 is 0 Å². The molecule has 1 aromatic carbocycles. The maximum Gasteiger partial charge on any atom is 0.125 e. The first kappa shape index (κ1) is 14.5. The molecule has 0 aliphatic heterocycles. The smallest absolute Gasteiger partial charge is 0.125 e. The summed E-state index contributed by atoms with van der Waals surface area (Å²) in [6, 6.07) is 6.61. The predicted octanol–water partition coefficient (Wildman–Crippen LogP) is 2.39.